The lowest BCUT2D eigenvalue weighted by Gasteiger charge is -2.14. The number of H-pyrrole nitrogens is 1. The fourth-order valence-electron chi connectivity index (χ4n) is 2.92. The fraction of sp³-hybridized carbons (Fsp3) is 0.176. The van der Waals surface area contributed by atoms with Gasteiger partial charge in [-0.25, -0.2) is 4.68 Å². The number of rotatable bonds is 3. The summed E-state index contributed by atoms with van der Waals surface area (Å²) in [6.07, 6.45) is 0.959. The van der Waals surface area contributed by atoms with Crippen LogP contribution < -0.4 is 0 Å². The number of aromatic nitrogens is 4. The first kappa shape index (κ1) is 12.1. The zero-order valence-corrected chi connectivity index (χ0v) is 11.8. The monoisotopic (exact) mass is 276 g/mol. The van der Waals surface area contributed by atoms with Gasteiger partial charge < -0.3 is 4.98 Å². The van der Waals surface area contributed by atoms with Crippen molar-refractivity contribution >= 4 is 21.9 Å². The van der Waals surface area contributed by atoms with E-state index in [4.69, 9.17) is 0 Å². The van der Waals surface area contributed by atoms with Gasteiger partial charge in [0.05, 0.1) is 11.6 Å². The second kappa shape index (κ2) is 4.74. The van der Waals surface area contributed by atoms with E-state index in [1.807, 2.05) is 22.9 Å². The highest BCUT2D eigenvalue weighted by Gasteiger charge is 2.17. The van der Waals surface area contributed by atoms with Crippen LogP contribution in [0.3, 0.4) is 0 Å². The predicted molar refractivity (Wildman–Crippen MR) is 84.3 cm³/mol. The molecule has 1 N–H and O–H groups in total. The maximum Gasteiger partial charge on any atom is 0.113 e. The molecule has 1 unspecified atom stereocenters. The molecule has 0 bridgehead atoms. The molecule has 4 nitrogen and oxygen atoms in total. The molecular weight excluding hydrogens is 260 g/mol. The Labute approximate surface area is 122 Å². The Balaban J connectivity index is 1.87. The van der Waals surface area contributed by atoms with Gasteiger partial charge in [0.2, 0.25) is 0 Å². The van der Waals surface area contributed by atoms with Crippen LogP contribution in [0.4, 0.5) is 0 Å². The molecule has 4 aromatic rings. The Kier molecular flexibility index (Phi) is 2.74. The maximum atomic E-state index is 4.36. The standard InChI is InChI=1S/C17H16N4/c1-2-16(15-11-12-7-3-4-8-13(12)18-15)21-17-10-6-5-9-14(17)19-20-21/h3-11,16,18H,2H2,1H3. The van der Waals surface area contributed by atoms with Crippen molar-refractivity contribution < 1.29 is 0 Å². The molecular formula is C17H16N4. The molecule has 4 heteroatoms. The van der Waals surface area contributed by atoms with Crippen molar-refractivity contribution in [3.05, 3.63) is 60.3 Å². The average molecular weight is 276 g/mol. The molecule has 0 fully saturated rings. The summed E-state index contributed by atoms with van der Waals surface area (Å²) in [5.41, 5.74) is 4.35. The predicted octanol–water partition coefficient (Wildman–Crippen LogP) is 3.91. The molecule has 0 aliphatic rings. The largest absolute Gasteiger partial charge is 0.357 e. The summed E-state index contributed by atoms with van der Waals surface area (Å²) in [5.74, 6) is 0. The van der Waals surface area contributed by atoms with Crippen molar-refractivity contribution in [3.63, 3.8) is 0 Å². The van der Waals surface area contributed by atoms with Crippen LogP contribution in [0.25, 0.3) is 21.9 Å². The van der Waals surface area contributed by atoms with E-state index in [9.17, 15) is 0 Å². The van der Waals surface area contributed by atoms with E-state index < -0.39 is 0 Å². The minimum absolute atomic E-state index is 0.171. The van der Waals surface area contributed by atoms with Crippen LogP contribution >= 0.6 is 0 Å². The Morgan fingerprint density at radius 3 is 2.76 bits per heavy atom. The van der Waals surface area contributed by atoms with E-state index in [2.05, 4.69) is 58.6 Å². The van der Waals surface area contributed by atoms with Crippen LogP contribution in [-0.2, 0) is 0 Å². The number of hydrogen-bond donors (Lipinski definition) is 1. The van der Waals surface area contributed by atoms with Gasteiger partial charge in [0.25, 0.3) is 0 Å². The van der Waals surface area contributed by atoms with E-state index in [0.717, 1.165) is 23.0 Å². The van der Waals surface area contributed by atoms with Crippen LogP contribution in [0.1, 0.15) is 25.1 Å². The van der Waals surface area contributed by atoms with Crippen molar-refractivity contribution in [2.75, 3.05) is 0 Å². The molecule has 0 saturated heterocycles. The van der Waals surface area contributed by atoms with Gasteiger partial charge in [-0.05, 0) is 36.1 Å². The number of para-hydroxylation sites is 2. The summed E-state index contributed by atoms with van der Waals surface area (Å²) in [5, 5.41) is 9.86. The van der Waals surface area contributed by atoms with Gasteiger partial charge in [0.1, 0.15) is 5.52 Å². The van der Waals surface area contributed by atoms with Crippen LogP contribution in [0, 0.1) is 0 Å². The van der Waals surface area contributed by atoms with E-state index >= 15 is 0 Å². The quantitative estimate of drug-likeness (QED) is 0.616. The molecule has 0 radical (unpaired) electrons. The van der Waals surface area contributed by atoms with E-state index in [0.29, 0.717) is 0 Å². The highest BCUT2D eigenvalue weighted by Crippen LogP contribution is 2.27. The number of benzene rings is 2. The highest BCUT2D eigenvalue weighted by molar-refractivity contribution is 5.80. The van der Waals surface area contributed by atoms with Crippen LogP contribution in [0.5, 0.6) is 0 Å². The third-order valence-electron chi connectivity index (χ3n) is 3.97. The van der Waals surface area contributed by atoms with Gasteiger partial charge in [0.15, 0.2) is 0 Å². The molecule has 21 heavy (non-hydrogen) atoms. The van der Waals surface area contributed by atoms with Gasteiger partial charge in [-0.1, -0.05) is 42.5 Å². The normalized spacial score (nSPS) is 13.0. The molecule has 4 rings (SSSR count). The molecule has 0 aliphatic carbocycles. The molecule has 2 aromatic heterocycles. The number of fused-ring (bicyclic) bond motifs is 2. The van der Waals surface area contributed by atoms with Gasteiger partial charge >= 0.3 is 0 Å². The number of nitrogens with zero attached hydrogens (tertiary/aromatic N) is 3. The summed E-state index contributed by atoms with van der Waals surface area (Å²) in [7, 11) is 0. The Morgan fingerprint density at radius 2 is 1.90 bits per heavy atom. The first-order valence-corrected chi connectivity index (χ1v) is 7.24. The number of aromatic amines is 1. The molecule has 2 heterocycles. The van der Waals surface area contributed by atoms with Crippen LogP contribution in [0.15, 0.2) is 54.6 Å². The summed E-state index contributed by atoms with van der Waals surface area (Å²) in [6.45, 7) is 2.17. The third-order valence-corrected chi connectivity index (χ3v) is 3.97. The topological polar surface area (TPSA) is 46.5 Å². The Hall–Kier alpha value is -2.62. The highest BCUT2D eigenvalue weighted by atomic mass is 15.4. The van der Waals surface area contributed by atoms with E-state index in [-0.39, 0.29) is 6.04 Å². The van der Waals surface area contributed by atoms with Crippen molar-refractivity contribution in [2.45, 2.75) is 19.4 Å². The third kappa shape index (κ3) is 1.91. The molecule has 0 spiro atoms. The Morgan fingerprint density at radius 1 is 1.10 bits per heavy atom. The SMILES string of the molecule is CCC(c1cc2ccccc2[nH]1)n1nnc2ccccc21. The summed E-state index contributed by atoms with van der Waals surface area (Å²) >= 11 is 0. The fourth-order valence-corrected chi connectivity index (χ4v) is 2.92. The summed E-state index contributed by atoms with van der Waals surface area (Å²) < 4.78 is 2.01. The molecule has 0 aliphatic heterocycles. The minimum Gasteiger partial charge on any atom is -0.357 e. The number of hydrogen-bond acceptors (Lipinski definition) is 2. The zero-order chi connectivity index (χ0) is 14.2. The lowest BCUT2D eigenvalue weighted by atomic mass is 10.1. The van der Waals surface area contributed by atoms with Crippen molar-refractivity contribution in [1.29, 1.82) is 0 Å². The second-order valence-corrected chi connectivity index (χ2v) is 5.26. The van der Waals surface area contributed by atoms with E-state index in [1.54, 1.807) is 0 Å². The van der Waals surface area contributed by atoms with Crippen molar-refractivity contribution in [2.24, 2.45) is 0 Å². The van der Waals surface area contributed by atoms with Gasteiger partial charge in [-0.3, -0.25) is 0 Å². The van der Waals surface area contributed by atoms with E-state index in [1.165, 1.54) is 11.1 Å². The Bertz CT molecular complexity index is 870. The summed E-state index contributed by atoms with van der Waals surface area (Å²) in [6, 6.07) is 18.8. The molecule has 2 aromatic carbocycles. The van der Waals surface area contributed by atoms with Crippen molar-refractivity contribution in [1.82, 2.24) is 20.0 Å². The molecule has 0 amide bonds. The lowest BCUT2D eigenvalue weighted by molar-refractivity contribution is 0.499. The maximum absolute atomic E-state index is 4.36. The zero-order valence-electron chi connectivity index (χ0n) is 11.8. The molecule has 0 saturated carbocycles. The van der Waals surface area contributed by atoms with Gasteiger partial charge in [-0.2, -0.15) is 0 Å². The van der Waals surface area contributed by atoms with Crippen molar-refractivity contribution in [3.8, 4) is 0 Å². The van der Waals surface area contributed by atoms with Gasteiger partial charge in [0, 0.05) is 11.2 Å². The second-order valence-electron chi connectivity index (χ2n) is 5.26. The van der Waals surface area contributed by atoms with Gasteiger partial charge in [-0.15, -0.1) is 5.10 Å². The minimum atomic E-state index is 0.171. The van der Waals surface area contributed by atoms with Crippen LogP contribution in [0.2, 0.25) is 0 Å². The number of nitrogens with one attached hydrogen (secondary N) is 1. The summed E-state index contributed by atoms with van der Waals surface area (Å²) in [4.78, 5) is 3.51. The first-order chi connectivity index (χ1) is 10.4. The van der Waals surface area contributed by atoms with Crippen LogP contribution in [-0.4, -0.2) is 20.0 Å². The average Bonchev–Trinajstić information content (AvgIpc) is 3.13. The smallest absolute Gasteiger partial charge is 0.113 e. The molecule has 1 atom stereocenters. The lowest BCUT2D eigenvalue weighted by Crippen LogP contribution is -2.11. The first-order valence-electron chi connectivity index (χ1n) is 7.24. The molecule has 104 valence electrons.